The van der Waals surface area contributed by atoms with Gasteiger partial charge in [0.15, 0.2) is 0 Å². The van der Waals surface area contributed by atoms with Crippen LogP contribution in [0.15, 0.2) is 12.4 Å². The van der Waals surface area contributed by atoms with Gasteiger partial charge in [-0.1, -0.05) is 27.7 Å². The van der Waals surface area contributed by atoms with Crippen LogP contribution in [0, 0.1) is 0 Å². The van der Waals surface area contributed by atoms with Crippen molar-refractivity contribution in [3.63, 3.8) is 0 Å². The number of rotatable bonds is 2. The summed E-state index contributed by atoms with van der Waals surface area (Å²) in [6.07, 6.45) is 4.80. The Morgan fingerprint density at radius 2 is 2.18 bits per heavy atom. The van der Waals surface area contributed by atoms with Gasteiger partial charge in [-0.3, -0.25) is 0 Å². The van der Waals surface area contributed by atoms with Crippen LogP contribution in [0.1, 0.15) is 45.9 Å². The van der Waals surface area contributed by atoms with Crippen LogP contribution in [0.5, 0.6) is 0 Å². The lowest BCUT2D eigenvalue weighted by molar-refractivity contribution is 0.689. The lowest BCUT2D eigenvalue weighted by atomic mass is 10.1. The number of nitrogens with one attached hydrogen (secondary N) is 1. The van der Waals surface area contributed by atoms with Crippen molar-refractivity contribution in [3.8, 4) is 0 Å². The summed E-state index contributed by atoms with van der Waals surface area (Å²) in [6, 6.07) is 0. The van der Waals surface area contributed by atoms with E-state index in [1.807, 2.05) is 20.0 Å². The fourth-order valence-electron chi connectivity index (χ4n) is 0.740. The predicted octanol–water partition coefficient (Wildman–Crippen LogP) is 2.95. The summed E-state index contributed by atoms with van der Waals surface area (Å²) >= 11 is 0. The maximum Gasteiger partial charge on any atom is 0.108 e. The smallest absolute Gasteiger partial charge is 0.108 e. The summed E-state index contributed by atoms with van der Waals surface area (Å²) in [5.41, 5.74) is 0. The molecule has 1 unspecified atom stereocenters. The third-order valence-electron chi connectivity index (χ3n) is 1.60. The van der Waals surface area contributed by atoms with Crippen molar-refractivity contribution in [2.24, 2.45) is 0 Å². The van der Waals surface area contributed by atoms with Gasteiger partial charge in [-0.15, -0.1) is 0 Å². The molecule has 11 heavy (non-hydrogen) atoms. The molecular formula is C9H18N2. The van der Waals surface area contributed by atoms with E-state index in [1.165, 1.54) is 0 Å². The first-order valence-corrected chi connectivity index (χ1v) is 4.34. The van der Waals surface area contributed by atoms with E-state index in [1.54, 1.807) is 6.20 Å². The molecule has 0 fully saturated rings. The molecule has 2 heteroatoms. The maximum absolute atomic E-state index is 4.13. The Morgan fingerprint density at radius 3 is 2.55 bits per heavy atom. The van der Waals surface area contributed by atoms with Crippen molar-refractivity contribution in [2.75, 3.05) is 0 Å². The lowest BCUT2D eigenvalue weighted by Gasteiger charge is -2.01. The second kappa shape index (κ2) is 5.96. The van der Waals surface area contributed by atoms with Gasteiger partial charge >= 0.3 is 0 Å². The summed E-state index contributed by atoms with van der Waals surface area (Å²) in [6.45, 7) is 8.33. The molecular weight excluding hydrogens is 136 g/mol. The normalized spacial score (nSPS) is 11.6. The first-order valence-electron chi connectivity index (χ1n) is 4.34. The highest BCUT2D eigenvalue weighted by Crippen LogP contribution is 2.12. The van der Waals surface area contributed by atoms with Crippen LogP contribution in [0.25, 0.3) is 0 Å². The van der Waals surface area contributed by atoms with Gasteiger partial charge in [0.25, 0.3) is 0 Å². The molecule has 0 amide bonds. The minimum absolute atomic E-state index is 0.569. The summed E-state index contributed by atoms with van der Waals surface area (Å²) in [5, 5.41) is 0. The van der Waals surface area contributed by atoms with Crippen molar-refractivity contribution in [1.29, 1.82) is 0 Å². The number of hydrogen-bond donors (Lipinski definition) is 1. The topological polar surface area (TPSA) is 28.7 Å². The fraction of sp³-hybridized carbons (Fsp3) is 0.667. The molecule has 0 bridgehead atoms. The molecule has 64 valence electrons. The molecule has 0 aliphatic rings. The van der Waals surface area contributed by atoms with E-state index in [0.717, 1.165) is 12.2 Å². The molecule has 0 saturated heterocycles. The molecule has 0 saturated carbocycles. The average Bonchev–Trinajstić information content (AvgIpc) is 2.59. The third kappa shape index (κ3) is 3.21. The molecule has 0 aromatic carbocycles. The molecule has 0 spiro atoms. The molecule has 0 aliphatic carbocycles. The predicted molar refractivity (Wildman–Crippen MR) is 48.6 cm³/mol. The van der Waals surface area contributed by atoms with Crippen molar-refractivity contribution in [1.82, 2.24) is 9.97 Å². The van der Waals surface area contributed by atoms with Gasteiger partial charge in [0.05, 0.1) is 0 Å². The number of nitrogens with zero attached hydrogens (tertiary/aromatic N) is 1. The Kier molecular flexibility index (Phi) is 5.53. The summed E-state index contributed by atoms with van der Waals surface area (Å²) in [5.74, 6) is 1.66. The van der Waals surface area contributed by atoms with Crippen LogP contribution in [-0.4, -0.2) is 9.97 Å². The molecule has 0 aliphatic heterocycles. The SMILES string of the molecule is CC.CCC(C)c1ncc[nH]1. The Morgan fingerprint density at radius 1 is 1.55 bits per heavy atom. The van der Waals surface area contributed by atoms with Crippen LogP contribution >= 0.6 is 0 Å². The van der Waals surface area contributed by atoms with Gasteiger partial charge < -0.3 is 4.98 Å². The fourth-order valence-corrected chi connectivity index (χ4v) is 0.740. The largest absolute Gasteiger partial charge is 0.348 e. The van der Waals surface area contributed by atoms with Crippen molar-refractivity contribution in [2.45, 2.75) is 40.0 Å². The highest BCUT2D eigenvalue weighted by Gasteiger charge is 2.02. The van der Waals surface area contributed by atoms with E-state index in [0.29, 0.717) is 5.92 Å². The first-order chi connectivity index (χ1) is 5.34. The van der Waals surface area contributed by atoms with E-state index in [2.05, 4.69) is 23.8 Å². The van der Waals surface area contributed by atoms with Crippen LogP contribution in [-0.2, 0) is 0 Å². The Hall–Kier alpha value is -0.790. The molecule has 0 radical (unpaired) electrons. The summed E-state index contributed by atoms with van der Waals surface area (Å²) < 4.78 is 0. The number of H-pyrrole nitrogens is 1. The number of hydrogen-bond acceptors (Lipinski definition) is 1. The zero-order valence-electron chi connectivity index (χ0n) is 7.89. The number of aromatic amines is 1. The van der Waals surface area contributed by atoms with E-state index in [-0.39, 0.29) is 0 Å². The van der Waals surface area contributed by atoms with E-state index >= 15 is 0 Å². The van der Waals surface area contributed by atoms with Crippen LogP contribution < -0.4 is 0 Å². The van der Waals surface area contributed by atoms with Crippen LogP contribution in [0.4, 0.5) is 0 Å². The van der Waals surface area contributed by atoms with Gasteiger partial charge in [0.1, 0.15) is 5.82 Å². The summed E-state index contributed by atoms with van der Waals surface area (Å²) in [7, 11) is 0. The summed E-state index contributed by atoms with van der Waals surface area (Å²) in [4.78, 5) is 7.21. The Bertz CT molecular complexity index is 156. The van der Waals surface area contributed by atoms with Gasteiger partial charge in [-0.25, -0.2) is 4.98 Å². The van der Waals surface area contributed by atoms with Gasteiger partial charge in [-0.2, -0.15) is 0 Å². The average molecular weight is 154 g/mol. The quantitative estimate of drug-likeness (QED) is 0.697. The molecule has 2 nitrogen and oxygen atoms in total. The molecule has 1 rings (SSSR count). The highest BCUT2D eigenvalue weighted by atomic mass is 14.9. The highest BCUT2D eigenvalue weighted by molar-refractivity contribution is 4.93. The molecule has 1 atom stereocenters. The second-order valence-electron chi connectivity index (χ2n) is 2.28. The Balaban J connectivity index is 0.000000461. The van der Waals surface area contributed by atoms with Crippen LogP contribution in [0.3, 0.4) is 0 Å². The maximum atomic E-state index is 4.13. The molecule has 1 aromatic heterocycles. The number of aromatic nitrogens is 2. The van der Waals surface area contributed by atoms with Crippen LogP contribution in [0.2, 0.25) is 0 Å². The zero-order valence-corrected chi connectivity index (χ0v) is 7.89. The lowest BCUT2D eigenvalue weighted by Crippen LogP contribution is -1.92. The van der Waals surface area contributed by atoms with Crippen molar-refractivity contribution in [3.05, 3.63) is 18.2 Å². The van der Waals surface area contributed by atoms with E-state index in [9.17, 15) is 0 Å². The Labute approximate surface area is 69.1 Å². The van der Waals surface area contributed by atoms with Crippen molar-refractivity contribution < 1.29 is 0 Å². The van der Waals surface area contributed by atoms with Crippen molar-refractivity contribution >= 4 is 0 Å². The zero-order chi connectivity index (χ0) is 8.69. The van der Waals surface area contributed by atoms with Gasteiger partial charge in [0.2, 0.25) is 0 Å². The molecule has 1 N–H and O–H groups in total. The standard InChI is InChI=1S/C7H12N2.C2H6/c1-3-6(2)7-8-4-5-9-7;1-2/h4-6H,3H2,1-2H3,(H,8,9);1-2H3. The molecule has 1 aromatic rings. The molecule has 1 heterocycles. The van der Waals surface area contributed by atoms with E-state index < -0.39 is 0 Å². The third-order valence-corrected chi connectivity index (χ3v) is 1.60. The van der Waals surface area contributed by atoms with E-state index in [4.69, 9.17) is 0 Å². The minimum atomic E-state index is 0.569. The monoisotopic (exact) mass is 154 g/mol. The number of imidazole rings is 1. The minimum Gasteiger partial charge on any atom is -0.348 e. The van der Waals surface area contributed by atoms with Gasteiger partial charge in [0, 0.05) is 18.3 Å². The first kappa shape index (κ1) is 10.2. The van der Waals surface area contributed by atoms with Gasteiger partial charge in [-0.05, 0) is 6.42 Å². The second-order valence-corrected chi connectivity index (χ2v) is 2.28.